The van der Waals surface area contributed by atoms with Crippen LogP contribution in [0.1, 0.15) is 37.9 Å². The monoisotopic (exact) mass is 406 g/mol. The number of benzene rings is 1. The second-order valence-electron chi connectivity index (χ2n) is 7.69. The molecule has 0 saturated heterocycles. The van der Waals surface area contributed by atoms with Gasteiger partial charge in [0.15, 0.2) is 0 Å². The largest absolute Gasteiger partial charge is 0.391 e. The number of pyridine rings is 1. The van der Waals surface area contributed by atoms with Crippen molar-refractivity contribution in [3.05, 3.63) is 83.2 Å². The summed E-state index contributed by atoms with van der Waals surface area (Å²) in [6.07, 6.45) is 7.01. The number of halogens is 1. The van der Waals surface area contributed by atoms with Crippen LogP contribution in [0.3, 0.4) is 0 Å². The molecule has 3 aromatic rings. The Morgan fingerprint density at radius 3 is 2.70 bits per heavy atom. The number of nitrogens with zero attached hydrogens (tertiary/aromatic N) is 2. The summed E-state index contributed by atoms with van der Waals surface area (Å²) in [4.78, 5) is 4.44. The maximum atomic E-state index is 14.8. The first kappa shape index (κ1) is 21.8. The Morgan fingerprint density at radius 2 is 2.00 bits per heavy atom. The van der Waals surface area contributed by atoms with E-state index in [1.165, 1.54) is 5.57 Å². The highest BCUT2D eigenvalue weighted by molar-refractivity contribution is 5.68. The first-order valence-electron chi connectivity index (χ1n) is 10.4. The van der Waals surface area contributed by atoms with Crippen LogP contribution in [0.25, 0.3) is 16.8 Å². The first-order valence-corrected chi connectivity index (χ1v) is 10.4. The van der Waals surface area contributed by atoms with E-state index in [0.717, 1.165) is 58.6 Å². The van der Waals surface area contributed by atoms with Crippen molar-refractivity contribution in [3.8, 4) is 11.1 Å². The maximum Gasteiger partial charge on any atom is 0.136 e. The lowest BCUT2D eigenvalue weighted by Gasteiger charge is -2.15. The highest BCUT2D eigenvalue weighted by Gasteiger charge is 2.13. The molecule has 30 heavy (non-hydrogen) atoms. The van der Waals surface area contributed by atoms with E-state index in [0.29, 0.717) is 13.0 Å². The smallest absolute Gasteiger partial charge is 0.136 e. The molecule has 0 fully saturated rings. The minimum absolute atomic E-state index is 0.161. The molecule has 158 valence electrons. The SMILES string of the molecule is C=C(C)/C(CCCc1c(F)cccc1-c1ccc2ncc(CCN)n2c1)=C(/C)NC. The lowest BCUT2D eigenvalue weighted by Crippen LogP contribution is -2.07. The van der Waals surface area contributed by atoms with Gasteiger partial charge in [0, 0.05) is 37.3 Å². The molecule has 5 heteroatoms. The van der Waals surface area contributed by atoms with Gasteiger partial charge in [-0.2, -0.15) is 0 Å². The molecule has 0 unspecified atom stereocenters. The lowest BCUT2D eigenvalue weighted by atomic mass is 9.94. The summed E-state index contributed by atoms with van der Waals surface area (Å²) in [5, 5.41) is 3.20. The number of hydrogen-bond donors (Lipinski definition) is 2. The molecule has 2 aromatic heterocycles. The maximum absolute atomic E-state index is 14.8. The van der Waals surface area contributed by atoms with Gasteiger partial charge >= 0.3 is 0 Å². The molecule has 0 aliphatic heterocycles. The van der Waals surface area contributed by atoms with Crippen LogP contribution < -0.4 is 11.1 Å². The number of imidazole rings is 1. The third-order valence-corrected chi connectivity index (χ3v) is 5.61. The van der Waals surface area contributed by atoms with Crippen molar-refractivity contribution >= 4 is 5.65 Å². The van der Waals surface area contributed by atoms with Gasteiger partial charge in [0.1, 0.15) is 11.5 Å². The van der Waals surface area contributed by atoms with Crippen molar-refractivity contribution in [3.63, 3.8) is 0 Å². The zero-order chi connectivity index (χ0) is 21.7. The summed E-state index contributed by atoms with van der Waals surface area (Å²) >= 11 is 0. The molecule has 1 aromatic carbocycles. The Morgan fingerprint density at radius 1 is 1.20 bits per heavy atom. The van der Waals surface area contributed by atoms with Crippen LogP contribution in [0.15, 0.2) is 66.1 Å². The van der Waals surface area contributed by atoms with E-state index < -0.39 is 0 Å². The Labute approximate surface area is 178 Å². The van der Waals surface area contributed by atoms with Crippen LogP contribution in [0, 0.1) is 5.82 Å². The van der Waals surface area contributed by atoms with Gasteiger partial charge in [0.05, 0.1) is 0 Å². The van der Waals surface area contributed by atoms with Crippen molar-refractivity contribution < 1.29 is 4.39 Å². The van der Waals surface area contributed by atoms with Crippen molar-refractivity contribution in [1.82, 2.24) is 14.7 Å². The first-order chi connectivity index (χ1) is 14.5. The van der Waals surface area contributed by atoms with Crippen LogP contribution >= 0.6 is 0 Å². The topological polar surface area (TPSA) is 55.3 Å². The highest BCUT2D eigenvalue weighted by Crippen LogP contribution is 2.29. The molecule has 2 heterocycles. The van der Waals surface area contributed by atoms with E-state index in [2.05, 4.69) is 28.2 Å². The number of nitrogens with two attached hydrogens (primary N) is 1. The summed E-state index contributed by atoms with van der Waals surface area (Å²) in [5.41, 5.74) is 13.7. The minimum Gasteiger partial charge on any atom is -0.391 e. The minimum atomic E-state index is -0.161. The molecule has 0 spiro atoms. The van der Waals surface area contributed by atoms with Crippen LogP contribution in [0.5, 0.6) is 0 Å². The Balaban J connectivity index is 1.91. The standard InChI is InChI=1S/C25H31FN4/c1-17(2)21(18(3)28-4)7-5-9-23-22(8-6-10-24(23)26)19-11-12-25-29-15-20(13-14-27)30(25)16-19/h6,8,10-12,15-16,28H,1,5,7,9,13-14,27H2,2-4H3/b21-18-. The molecule has 0 aliphatic carbocycles. The molecule has 0 amide bonds. The normalized spacial score (nSPS) is 12.2. The van der Waals surface area contributed by atoms with E-state index in [9.17, 15) is 4.39 Å². The van der Waals surface area contributed by atoms with Gasteiger partial charge in [-0.05, 0) is 80.1 Å². The number of hydrogen-bond acceptors (Lipinski definition) is 3. The van der Waals surface area contributed by atoms with Crippen LogP contribution in [0.4, 0.5) is 4.39 Å². The zero-order valence-corrected chi connectivity index (χ0v) is 18.1. The van der Waals surface area contributed by atoms with Gasteiger partial charge in [0.2, 0.25) is 0 Å². The van der Waals surface area contributed by atoms with Gasteiger partial charge in [-0.1, -0.05) is 24.3 Å². The molecule has 0 bridgehead atoms. The molecular weight excluding hydrogens is 375 g/mol. The van der Waals surface area contributed by atoms with Crippen LogP contribution in [-0.4, -0.2) is 23.0 Å². The van der Waals surface area contributed by atoms with Crippen molar-refractivity contribution in [2.24, 2.45) is 5.73 Å². The predicted octanol–water partition coefficient (Wildman–Crippen LogP) is 5.03. The van der Waals surface area contributed by atoms with E-state index in [-0.39, 0.29) is 5.82 Å². The number of allylic oxidation sites excluding steroid dienone is 3. The Hall–Kier alpha value is -2.92. The molecular formula is C25H31FN4. The van der Waals surface area contributed by atoms with Gasteiger partial charge in [-0.3, -0.25) is 0 Å². The van der Waals surface area contributed by atoms with Crippen molar-refractivity contribution in [2.45, 2.75) is 39.5 Å². The van der Waals surface area contributed by atoms with E-state index in [4.69, 9.17) is 5.73 Å². The number of aromatic nitrogens is 2. The lowest BCUT2D eigenvalue weighted by molar-refractivity contribution is 0.605. The fourth-order valence-corrected chi connectivity index (χ4v) is 3.92. The average molecular weight is 407 g/mol. The molecule has 4 nitrogen and oxygen atoms in total. The Bertz CT molecular complexity index is 1080. The second-order valence-corrected chi connectivity index (χ2v) is 7.69. The number of fused-ring (bicyclic) bond motifs is 1. The van der Waals surface area contributed by atoms with Gasteiger partial charge < -0.3 is 15.5 Å². The molecule has 0 saturated carbocycles. The van der Waals surface area contributed by atoms with Crippen molar-refractivity contribution in [2.75, 3.05) is 13.6 Å². The van der Waals surface area contributed by atoms with Gasteiger partial charge in [-0.15, -0.1) is 0 Å². The van der Waals surface area contributed by atoms with Crippen molar-refractivity contribution in [1.29, 1.82) is 0 Å². The quantitative estimate of drug-likeness (QED) is 0.490. The second kappa shape index (κ2) is 9.72. The van der Waals surface area contributed by atoms with E-state index in [1.807, 2.05) is 44.6 Å². The average Bonchev–Trinajstić information content (AvgIpc) is 3.13. The summed E-state index contributed by atoms with van der Waals surface area (Å²) in [6, 6.07) is 9.30. The molecule has 0 aliphatic rings. The molecule has 0 radical (unpaired) electrons. The predicted molar refractivity (Wildman–Crippen MR) is 123 cm³/mol. The summed E-state index contributed by atoms with van der Waals surface area (Å²) in [5.74, 6) is -0.161. The molecule has 3 N–H and O–H groups in total. The summed E-state index contributed by atoms with van der Waals surface area (Å²) < 4.78 is 16.9. The van der Waals surface area contributed by atoms with Gasteiger partial charge in [-0.25, -0.2) is 9.37 Å². The van der Waals surface area contributed by atoms with E-state index >= 15 is 0 Å². The summed E-state index contributed by atoms with van der Waals surface area (Å²) in [6.45, 7) is 8.73. The van der Waals surface area contributed by atoms with Crippen LogP contribution in [0.2, 0.25) is 0 Å². The zero-order valence-electron chi connectivity index (χ0n) is 18.1. The third kappa shape index (κ3) is 4.62. The highest BCUT2D eigenvalue weighted by atomic mass is 19.1. The third-order valence-electron chi connectivity index (χ3n) is 5.61. The molecule has 0 atom stereocenters. The van der Waals surface area contributed by atoms with Gasteiger partial charge in [0.25, 0.3) is 0 Å². The van der Waals surface area contributed by atoms with E-state index in [1.54, 1.807) is 12.1 Å². The Kier molecular flexibility index (Phi) is 7.06. The fourth-order valence-electron chi connectivity index (χ4n) is 3.92. The number of rotatable bonds is 9. The summed E-state index contributed by atoms with van der Waals surface area (Å²) in [7, 11) is 1.92. The number of nitrogens with one attached hydrogen (secondary N) is 1. The molecule has 3 rings (SSSR count). The van der Waals surface area contributed by atoms with Crippen LogP contribution in [-0.2, 0) is 12.8 Å². The fraction of sp³-hybridized carbons (Fsp3) is 0.320.